The van der Waals surface area contributed by atoms with Gasteiger partial charge in [-0.1, -0.05) is 41.4 Å². The molecule has 1 unspecified atom stereocenters. The van der Waals surface area contributed by atoms with Crippen molar-refractivity contribution in [3.05, 3.63) is 63.6 Å². The third-order valence-electron chi connectivity index (χ3n) is 2.69. The van der Waals surface area contributed by atoms with Crippen LogP contribution in [0.1, 0.15) is 17.2 Å². The van der Waals surface area contributed by atoms with Gasteiger partial charge in [-0.15, -0.1) is 13.2 Å². The van der Waals surface area contributed by atoms with E-state index in [9.17, 15) is 18.3 Å². The molecule has 0 fully saturated rings. The Kier molecular flexibility index (Phi) is 4.66. The third kappa shape index (κ3) is 4.03. The fourth-order valence-electron chi connectivity index (χ4n) is 1.82. The van der Waals surface area contributed by atoms with Crippen LogP contribution in [0.25, 0.3) is 0 Å². The van der Waals surface area contributed by atoms with Gasteiger partial charge in [-0.2, -0.15) is 0 Å². The van der Waals surface area contributed by atoms with Crippen LogP contribution in [0.2, 0.25) is 10.0 Å². The highest BCUT2D eigenvalue weighted by molar-refractivity contribution is 6.33. The summed E-state index contributed by atoms with van der Waals surface area (Å²) in [6.45, 7) is 0. The number of alkyl halides is 3. The summed E-state index contributed by atoms with van der Waals surface area (Å²) in [4.78, 5) is 0. The van der Waals surface area contributed by atoms with Crippen LogP contribution < -0.4 is 4.74 Å². The average molecular weight is 337 g/mol. The van der Waals surface area contributed by atoms with Crippen LogP contribution >= 0.6 is 23.2 Å². The lowest BCUT2D eigenvalue weighted by Crippen LogP contribution is -2.19. The summed E-state index contributed by atoms with van der Waals surface area (Å²) >= 11 is 11.8. The van der Waals surface area contributed by atoms with Gasteiger partial charge in [0.05, 0.1) is 0 Å². The molecule has 0 aliphatic rings. The van der Waals surface area contributed by atoms with E-state index >= 15 is 0 Å². The highest BCUT2D eigenvalue weighted by Crippen LogP contribution is 2.36. The molecule has 0 amide bonds. The van der Waals surface area contributed by atoms with E-state index in [0.717, 1.165) is 6.07 Å². The van der Waals surface area contributed by atoms with E-state index in [1.54, 1.807) is 0 Å². The summed E-state index contributed by atoms with van der Waals surface area (Å²) in [6, 6.07) is 9.65. The van der Waals surface area contributed by atoms with Crippen LogP contribution in [-0.2, 0) is 0 Å². The van der Waals surface area contributed by atoms with Gasteiger partial charge in [0.2, 0.25) is 0 Å². The van der Waals surface area contributed by atoms with Gasteiger partial charge in [-0.25, -0.2) is 0 Å². The predicted molar refractivity (Wildman–Crippen MR) is 73.6 cm³/mol. The fraction of sp³-hybridized carbons (Fsp3) is 0.143. The standard InChI is InChI=1S/C14H9Cl2F3O2/c15-8-5-6-11(16)10(7-8)13(20)9-3-1-2-4-12(9)21-14(17,18)19/h1-7,13,20H. The summed E-state index contributed by atoms with van der Waals surface area (Å²) < 4.78 is 41.0. The van der Waals surface area contributed by atoms with Crippen molar-refractivity contribution in [1.29, 1.82) is 0 Å². The summed E-state index contributed by atoms with van der Waals surface area (Å²) in [5, 5.41) is 10.8. The average Bonchev–Trinajstić information content (AvgIpc) is 2.39. The summed E-state index contributed by atoms with van der Waals surface area (Å²) in [6.07, 6.45) is -6.25. The van der Waals surface area contributed by atoms with Crippen molar-refractivity contribution in [2.24, 2.45) is 0 Å². The first-order chi connectivity index (χ1) is 9.78. The molecule has 0 bridgehead atoms. The van der Waals surface area contributed by atoms with Gasteiger partial charge >= 0.3 is 6.36 Å². The number of benzene rings is 2. The minimum atomic E-state index is -4.85. The van der Waals surface area contributed by atoms with Gasteiger partial charge in [0.25, 0.3) is 0 Å². The van der Waals surface area contributed by atoms with Crippen molar-refractivity contribution in [1.82, 2.24) is 0 Å². The van der Waals surface area contributed by atoms with E-state index in [-0.39, 0.29) is 16.1 Å². The van der Waals surface area contributed by atoms with E-state index in [2.05, 4.69) is 4.74 Å². The SMILES string of the molecule is OC(c1cc(Cl)ccc1Cl)c1ccccc1OC(F)(F)F. The molecule has 2 rings (SSSR count). The molecule has 0 radical (unpaired) electrons. The molecule has 0 aromatic heterocycles. The Morgan fingerprint density at radius 3 is 2.33 bits per heavy atom. The van der Waals surface area contributed by atoms with Gasteiger partial charge in [0, 0.05) is 21.2 Å². The van der Waals surface area contributed by atoms with Crippen molar-refractivity contribution in [2.75, 3.05) is 0 Å². The Hall–Kier alpha value is -1.43. The van der Waals surface area contributed by atoms with E-state index in [4.69, 9.17) is 23.2 Å². The van der Waals surface area contributed by atoms with Gasteiger partial charge in [0.1, 0.15) is 11.9 Å². The fourth-order valence-corrected chi connectivity index (χ4v) is 2.22. The molecule has 1 N–H and O–H groups in total. The number of aliphatic hydroxyl groups is 1. The van der Waals surface area contributed by atoms with Gasteiger partial charge < -0.3 is 9.84 Å². The molecule has 0 aliphatic heterocycles. The van der Waals surface area contributed by atoms with Crippen molar-refractivity contribution in [2.45, 2.75) is 12.5 Å². The van der Waals surface area contributed by atoms with Crippen LogP contribution in [0.3, 0.4) is 0 Å². The van der Waals surface area contributed by atoms with E-state index in [1.807, 2.05) is 0 Å². The second kappa shape index (κ2) is 6.13. The molecule has 0 aliphatic carbocycles. The number of ether oxygens (including phenoxy) is 1. The van der Waals surface area contributed by atoms with E-state index in [1.165, 1.54) is 36.4 Å². The highest BCUT2D eigenvalue weighted by atomic mass is 35.5. The van der Waals surface area contributed by atoms with Gasteiger partial charge in [0.15, 0.2) is 0 Å². The maximum atomic E-state index is 12.4. The lowest BCUT2D eigenvalue weighted by molar-refractivity contribution is -0.275. The zero-order chi connectivity index (χ0) is 15.6. The molecule has 0 heterocycles. The number of aliphatic hydroxyl groups excluding tert-OH is 1. The predicted octanol–water partition coefficient (Wildman–Crippen LogP) is 4.97. The summed E-state index contributed by atoms with van der Waals surface area (Å²) in [5.41, 5.74) is 0.140. The van der Waals surface area contributed by atoms with E-state index in [0.29, 0.717) is 5.02 Å². The molecule has 21 heavy (non-hydrogen) atoms. The zero-order valence-electron chi connectivity index (χ0n) is 10.4. The number of para-hydroxylation sites is 1. The largest absolute Gasteiger partial charge is 0.573 e. The second-order valence-corrected chi connectivity index (χ2v) is 5.00. The maximum absolute atomic E-state index is 12.4. The molecule has 2 aromatic carbocycles. The Morgan fingerprint density at radius 1 is 1.00 bits per heavy atom. The molecule has 2 nitrogen and oxygen atoms in total. The minimum Gasteiger partial charge on any atom is -0.405 e. The van der Waals surface area contributed by atoms with Crippen LogP contribution in [0.4, 0.5) is 13.2 Å². The summed E-state index contributed by atoms with van der Waals surface area (Å²) in [7, 11) is 0. The molecule has 2 aromatic rings. The lowest BCUT2D eigenvalue weighted by atomic mass is 10.0. The van der Waals surface area contributed by atoms with Gasteiger partial charge in [-0.3, -0.25) is 0 Å². The van der Waals surface area contributed by atoms with E-state index < -0.39 is 18.2 Å². The molecular weight excluding hydrogens is 328 g/mol. The lowest BCUT2D eigenvalue weighted by Gasteiger charge is -2.18. The second-order valence-electron chi connectivity index (χ2n) is 4.15. The highest BCUT2D eigenvalue weighted by Gasteiger charge is 2.33. The molecule has 112 valence electrons. The van der Waals surface area contributed by atoms with Gasteiger partial charge in [-0.05, 0) is 24.3 Å². The van der Waals surface area contributed by atoms with Crippen molar-refractivity contribution in [3.63, 3.8) is 0 Å². The number of rotatable bonds is 3. The first-order valence-corrected chi connectivity index (χ1v) is 6.51. The monoisotopic (exact) mass is 336 g/mol. The van der Waals surface area contributed by atoms with Crippen LogP contribution in [0.5, 0.6) is 5.75 Å². The first-order valence-electron chi connectivity index (χ1n) is 5.75. The molecule has 7 heteroatoms. The Labute approximate surface area is 128 Å². The number of halogens is 5. The molecule has 0 spiro atoms. The Morgan fingerprint density at radius 2 is 1.67 bits per heavy atom. The molecular formula is C14H9Cl2F3O2. The number of hydrogen-bond acceptors (Lipinski definition) is 2. The van der Waals surface area contributed by atoms with Crippen molar-refractivity contribution in [3.8, 4) is 5.75 Å². The topological polar surface area (TPSA) is 29.5 Å². The van der Waals surface area contributed by atoms with Crippen LogP contribution in [0.15, 0.2) is 42.5 Å². The van der Waals surface area contributed by atoms with Crippen molar-refractivity contribution >= 4 is 23.2 Å². The molecule has 0 saturated heterocycles. The normalized spacial score (nSPS) is 13.0. The quantitative estimate of drug-likeness (QED) is 0.857. The van der Waals surface area contributed by atoms with Crippen molar-refractivity contribution < 1.29 is 23.0 Å². The molecule has 1 atom stereocenters. The van der Waals surface area contributed by atoms with Crippen LogP contribution in [-0.4, -0.2) is 11.5 Å². The third-order valence-corrected chi connectivity index (χ3v) is 3.27. The minimum absolute atomic E-state index is 0.0565. The molecule has 0 saturated carbocycles. The van der Waals surface area contributed by atoms with Crippen LogP contribution in [0, 0.1) is 0 Å². The zero-order valence-corrected chi connectivity index (χ0v) is 11.9. The Bertz CT molecular complexity index is 644. The smallest absolute Gasteiger partial charge is 0.405 e. The summed E-state index contributed by atoms with van der Waals surface area (Å²) in [5.74, 6) is -0.492. The maximum Gasteiger partial charge on any atom is 0.573 e. The Balaban J connectivity index is 2.44. The first kappa shape index (κ1) is 15.9. The number of hydrogen-bond donors (Lipinski definition) is 1.